The average molecular weight is 760 g/mol. The van der Waals surface area contributed by atoms with Crippen LogP contribution in [0.15, 0.2) is 0 Å². The Labute approximate surface area is 316 Å². The molecule has 0 aromatic heterocycles. The molecule has 0 fully saturated rings. The lowest BCUT2D eigenvalue weighted by Crippen LogP contribution is -2.43. The summed E-state index contributed by atoms with van der Waals surface area (Å²) in [5.41, 5.74) is 0. The van der Waals surface area contributed by atoms with Crippen molar-refractivity contribution >= 4 is 35.4 Å². The van der Waals surface area contributed by atoms with Crippen LogP contribution in [0.3, 0.4) is 0 Å². The smallest absolute Gasteiger partial charge is 0.326 e. The molecule has 0 heterocycles. The minimum atomic E-state index is -1.21. The van der Waals surface area contributed by atoms with Gasteiger partial charge in [-0.3, -0.25) is 24.0 Å². The fraction of sp³-hybridized carbons (Fsp3) is 0.842. The minimum absolute atomic E-state index is 0.0141. The van der Waals surface area contributed by atoms with Crippen molar-refractivity contribution in [1.82, 2.24) is 16.0 Å². The minimum Gasteiger partial charge on any atom is -0.481 e. The molecular weight excluding hydrogens is 690 g/mol. The van der Waals surface area contributed by atoms with Crippen LogP contribution in [0.4, 0.5) is 0 Å². The molecule has 0 aliphatic carbocycles. The Balaban J connectivity index is 3.47. The van der Waals surface area contributed by atoms with E-state index in [1.54, 1.807) is 13.8 Å². The quantitative estimate of drug-likeness (QED) is 0.0558. The van der Waals surface area contributed by atoms with Gasteiger partial charge in [0.25, 0.3) is 0 Å². The Kier molecular flexibility index (Phi) is 33.7. The van der Waals surface area contributed by atoms with Crippen LogP contribution in [0, 0.1) is 5.92 Å². The highest BCUT2D eigenvalue weighted by Gasteiger charge is 2.21. The Bertz CT molecular complexity index is 995. The predicted molar refractivity (Wildman–Crippen MR) is 199 cm³/mol. The molecule has 0 aromatic carbocycles. The molecule has 15 heteroatoms. The van der Waals surface area contributed by atoms with Crippen molar-refractivity contribution in [1.29, 1.82) is 0 Å². The lowest BCUT2D eigenvalue weighted by atomic mass is 10.0. The highest BCUT2D eigenvalue weighted by atomic mass is 16.5. The zero-order valence-corrected chi connectivity index (χ0v) is 32.4. The molecule has 0 radical (unpaired) electrons. The lowest BCUT2D eigenvalue weighted by molar-refractivity contribution is -0.143. The van der Waals surface area contributed by atoms with Gasteiger partial charge in [0.05, 0.1) is 39.6 Å². The number of carboxylic acid groups (broad SMARTS) is 2. The molecule has 0 spiro atoms. The first-order valence-electron chi connectivity index (χ1n) is 19.6. The van der Waals surface area contributed by atoms with Gasteiger partial charge in [0, 0.05) is 38.3 Å². The number of aliphatic carboxylic acids is 2. The van der Waals surface area contributed by atoms with Gasteiger partial charge in [-0.05, 0) is 19.3 Å². The first kappa shape index (κ1) is 49.9. The first-order chi connectivity index (χ1) is 25.5. The van der Waals surface area contributed by atoms with Crippen LogP contribution >= 0.6 is 0 Å². The fourth-order valence-corrected chi connectivity index (χ4v) is 5.19. The topological polar surface area (TPSA) is 216 Å². The van der Waals surface area contributed by atoms with Crippen LogP contribution < -0.4 is 16.0 Å². The number of Topliss-reactive ketones (excluding diaryl/α,β-unsaturated/α-hetero) is 1. The van der Waals surface area contributed by atoms with Crippen molar-refractivity contribution in [3.63, 3.8) is 0 Å². The number of amides is 3. The van der Waals surface area contributed by atoms with E-state index in [1.807, 2.05) is 0 Å². The largest absolute Gasteiger partial charge is 0.481 e. The van der Waals surface area contributed by atoms with Gasteiger partial charge in [-0.2, -0.15) is 0 Å². The standard InChI is InChI=1S/C38H69N3O12/c1-31(2)33(42)20-19-32(38(48)49)41-36(45)30-53-28-26-51-24-22-40-35(44)29-52-27-25-50-23-21-39-34(43)17-15-13-11-9-7-5-3-4-6-8-10-12-14-16-18-37(46)47/h31-32H,3-30H2,1-2H3,(H,39,43)(H,40,44)(H,41,45)(H,46,47)(H,48,49). The summed E-state index contributed by atoms with van der Waals surface area (Å²) in [4.78, 5) is 69.3. The third-order valence-electron chi connectivity index (χ3n) is 8.35. The molecule has 1 atom stereocenters. The van der Waals surface area contributed by atoms with E-state index in [4.69, 9.17) is 24.1 Å². The highest BCUT2D eigenvalue weighted by molar-refractivity contribution is 5.85. The van der Waals surface area contributed by atoms with Gasteiger partial charge in [0.15, 0.2) is 0 Å². The lowest BCUT2D eigenvalue weighted by Gasteiger charge is -2.15. The summed E-state index contributed by atoms with van der Waals surface area (Å²) in [6.45, 7) is 5.09. The Morgan fingerprint density at radius 3 is 1.36 bits per heavy atom. The number of rotatable bonds is 39. The number of nitrogens with one attached hydrogen (secondary N) is 3. The van der Waals surface area contributed by atoms with Crippen LogP contribution in [-0.4, -0.2) is 118 Å². The number of carboxylic acids is 2. The van der Waals surface area contributed by atoms with Gasteiger partial charge < -0.3 is 45.1 Å². The van der Waals surface area contributed by atoms with Crippen LogP contribution in [-0.2, 0) is 47.7 Å². The maximum Gasteiger partial charge on any atom is 0.326 e. The molecule has 0 aliphatic rings. The van der Waals surface area contributed by atoms with Gasteiger partial charge in [0.1, 0.15) is 25.0 Å². The molecule has 53 heavy (non-hydrogen) atoms. The zero-order valence-electron chi connectivity index (χ0n) is 32.4. The summed E-state index contributed by atoms with van der Waals surface area (Å²) in [5.74, 6) is -3.05. The monoisotopic (exact) mass is 759 g/mol. The number of unbranched alkanes of at least 4 members (excludes halogenated alkanes) is 13. The van der Waals surface area contributed by atoms with Crippen molar-refractivity contribution in [2.24, 2.45) is 5.92 Å². The van der Waals surface area contributed by atoms with Crippen LogP contribution in [0.2, 0.25) is 0 Å². The van der Waals surface area contributed by atoms with E-state index in [1.165, 1.54) is 51.4 Å². The van der Waals surface area contributed by atoms with E-state index in [0.29, 0.717) is 26.2 Å². The second kappa shape index (κ2) is 35.9. The summed E-state index contributed by atoms with van der Waals surface area (Å²) in [7, 11) is 0. The number of carbonyl (C=O) groups excluding carboxylic acids is 4. The van der Waals surface area contributed by atoms with E-state index in [0.717, 1.165) is 38.5 Å². The maximum atomic E-state index is 12.0. The van der Waals surface area contributed by atoms with Crippen LogP contribution in [0.5, 0.6) is 0 Å². The Morgan fingerprint density at radius 1 is 0.491 bits per heavy atom. The van der Waals surface area contributed by atoms with Crippen molar-refractivity contribution in [3.05, 3.63) is 0 Å². The molecule has 0 rings (SSSR count). The molecule has 15 nitrogen and oxygen atoms in total. The summed E-state index contributed by atoms with van der Waals surface area (Å²) < 4.78 is 21.3. The molecule has 5 N–H and O–H groups in total. The number of carbonyl (C=O) groups is 6. The van der Waals surface area contributed by atoms with E-state index in [9.17, 15) is 33.9 Å². The SMILES string of the molecule is CC(C)C(=O)CCC(NC(=O)COCCOCCNC(=O)COCCOCCNC(=O)CCCCCCCCCCCCCCCCC(=O)O)C(=O)O. The van der Waals surface area contributed by atoms with Gasteiger partial charge in [0.2, 0.25) is 17.7 Å². The van der Waals surface area contributed by atoms with Gasteiger partial charge in [-0.15, -0.1) is 0 Å². The Morgan fingerprint density at radius 2 is 0.906 bits per heavy atom. The van der Waals surface area contributed by atoms with Crippen molar-refractivity contribution in [2.45, 2.75) is 135 Å². The van der Waals surface area contributed by atoms with Gasteiger partial charge in [-0.25, -0.2) is 4.79 Å². The third-order valence-corrected chi connectivity index (χ3v) is 8.35. The fourth-order valence-electron chi connectivity index (χ4n) is 5.19. The second-order valence-corrected chi connectivity index (χ2v) is 13.5. The molecule has 0 aliphatic heterocycles. The number of ketones is 1. The van der Waals surface area contributed by atoms with E-state index < -0.39 is 23.9 Å². The average Bonchev–Trinajstić information content (AvgIpc) is 3.11. The Hall–Kier alpha value is -3.14. The molecule has 0 saturated carbocycles. The maximum absolute atomic E-state index is 12.0. The zero-order chi connectivity index (χ0) is 39.4. The summed E-state index contributed by atoms with van der Waals surface area (Å²) in [6.07, 6.45) is 17.0. The second-order valence-electron chi connectivity index (χ2n) is 13.5. The molecule has 308 valence electrons. The van der Waals surface area contributed by atoms with E-state index in [2.05, 4.69) is 16.0 Å². The van der Waals surface area contributed by atoms with Crippen molar-refractivity contribution in [2.75, 3.05) is 65.9 Å². The van der Waals surface area contributed by atoms with E-state index >= 15 is 0 Å². The molecule has 0 bridgehead atoms. The van der Waals surface area contributed by atoms with Gasteiger partial charge in [-0.1, -0.05) is 90.9 Å². The molecule has 0 saturated heterocycles. The summed E-state index contributed by atoms with van der Waals surface area (Å²) in [6, 6.07) is -1.16. The van der Waals surface area contributed by atoms with Crippen LogP contribution in [0.1, 0.15) is 129 Å². The number of ether oxygens (including phenoxy) is 4. The van der Waals surface area contributed by atoms with E-state index in [-0.39, 0.29) is 89.0 Å². The molecule has 3 amide bonds. The summed E-state index contributed by atoms with van der Waals surface area (Å²) in [5, 5.41) is 25.7. The third kappa shape index (κ3) is 35.6. The predicted octanol–water partition coefficient (Wildman–Crippen LogP) is 4.19. The number of hydrogen-bond acceptors (Lipinski definition) is 10. The normalized spacial score (nSPS) is 11.7. The number of hydrogen-bond donors (Lipinski definition) is 5. The highest BCUT2D eigenvalue weighted by Crippen LogP contribution is 2.14. The van der Waals surface area contributed by atoms with Crippen LogP contribution in [0.25, 0.3) is 0 Å². The first-order valence-corrected chi connectivity index (χ1v) is 19.6. The molecule has 1 unspecified atom stereocenters. The van der Waals surface area contributed by atoms with Crippen molar-refractivity contribution < 1.29 is 57.9 Å². The van der Waals surface area contributed by atoms with Gasteiger partial charge >= 0.3 is 11.9 Å². The summed E-state index contributed by atoms with van der Waals surface area (Å²) >= 11 is 0. The molecular formula is C38H69N3O12. The molecule has 0 aromatic rings. The van der Waals surface area contributed by atoms with Crippen molar-refractivity contribution in [3.8, 4) is 0 Å².